The predicted octanol–water partition coefficient (Wildman–Crippen LogP) is 4.13. The van der Waals surface area contributed by atoms with E-state index in [1.165, 1.54) is 13.2 Å². The fraction of sp³-hybridized carbons (Fsp3) is 0.292. The van der Waals surface area contributed by atoms with Gasteiger partial charge in [0.25, 0.3) is 0 Å². The average molecular weight is 501 g/mol. The number of benzene rings is 2. The Labute approximate surface area is 203 Å². The molecule has 3 aromatic rings. The Kier molecular flexibility index (Phi) is 7.04. The summed E-state index contributed by atoms with van der Waals surface area (Å²) in [6.07, 6.45) is 1.25. The normalized spacial score (nSPS) is 14.6. The molecule has 1 aliphatic rings. The number of hydrogen-bond donors (Lipinski definition) is 1. The predicted molar refractivity (Wildman–Crippen MR) is 130 cm³/mol. The van der Waals surface area contributed by atoms with Crippen molar-refractivity contribution in [1.29, 1.82) is 0 Å². The first-order valence-corrected chi connectivity index (χ1v) is 12.7. The van der Waals surface area contributed by atoms with E-state index in [9.17, 15) is 13.2 Å². The Morgan fingerprint density at radius 3 is 2.38 bits per heavy atom. The number of nitrogens with one attached hydrogen (secondary N) is 1. The summed E-state index contributed by atoms with van der Waals surface area (Å²) in [6, 6.07) is 14.8. The number of amides is 1. The van der Waals surface area contributed by atoms with Gasteiger partial charge in [-0.1, -0.05) is 29.3 Å². The Morgan fingerprint density at radius 1 is 1.06 bits per heavy atom. The Balaban J connectivity index is 1.38. The van der Waals surface area contributed by atoms with Gasteiger partial charge in [0.15, 0.2) is 10.8 Å². The molecule has 0 spiro atoms. The minimum Gasteiger partial charge on any atom is -0.495 e. The lowest BCUT2D eigenvalue weighted by Crippen LogP contribution is -2.38. The first kappa shape index (κ1) is 24.0. The molecule has 1 saturated heterocycles. The molecule has 1 aromatic heterocycles. The minimum absolute atomic E-state index is 0.0918. The van der Waals surface area contributed by atoms with Crippen molar-refractivity contribution in [3.8, 4) is 5.75 Å². The largest absolute Gasteiger partial charge is 0.495 e. The van der Waals surface area contributed by atoms with Gasteiger partial charge < -0.3 is 15.0 Å². The topological polar surface area (TPSA) is 101 Å². The number of piperidine rings is 1. The second-order valence-corrected chi connectivity index (χ2v) is 10.5. The smallest absolute Gasteiger partial charge is 0.227 e. The fourth-order valence-corrected chi connectivity index (χ4v) is 5.15. The SMILES string of the molecule is COc1ccc(Cl)cc1NC(=O)C1CCN(c2ccc(S(=O)(=O)c3ccc(C)cc3)nn2)CC1. The van der Waals surface area contributed by atoms with Crippen LogP contribution in [-0.2, 0) is 14.6 Å². The van der Waals surface area contributed by atoms with Crippen molar-refractivity contribution in [3.05, 3.63) is 65.2 Å². The van der Waals surface area contributed by atoms with E-state index < -0.39 is 9.84 Å². The number of rotatable bonds is 6. The lowest BCUT2D eigenvalue weighted by Gasteiger charge is -2.31. The molecule has 1 N–H and O–H groups in total. The average Bonchev–Trinajstić information content (AvgIpc) is 2.84. The minimum atomic E-state index is -3.73. The highest BCUT2D eigenvalue weighted by molar-refractivity contribution is 7.91. The van der Waals surface area contributed by atoms with Crippen molar-refractivity contribution in [1.82, 2.24) is 10.2 Å². The highest BCUT2D eigenvalue weighted by Gasteiger charge is 2.27. The van der Waals surface area contributed by atoms with Gasteiger partial charge in [-0.3, -0.25) is 4.79 Å². The van der Waals surface area contributed by atoms with Gasteiger partial charge in [0, 0.05) is 24.0 Å². The van der Waals surface area contributed by atoms with Crippen molar-refractivity contribution < 1.29 is 17.9 Å². The van der Waals surface area contributed by atoms with Crippen LogP contribution in [0.2, 0.25) is 5.02 Å². The molecule has 0 bridgehead atoms. The second-order valence-electron chi connectivity index (χ2n) is 8.14. The first-order chi connectivity index (χ1) is 16.3. The summed E-state index contributed by atoms with van der Waals surface area (Å²) in [4.78, 5) is 15.0. The number of hydrogen-bond acceptors (Lipinski definition) is 7. The lowest BCUT2D eigenvalue weighted by molar-refractivity contribution is -0.120. The zero-order chi connectivity index (χ0) is 24.3. The van der Waals surface area contributed by atoms with Crippen molar-refractivity contribution in [2.75, 3.05) is 30.4 Å². The van der Waals surface area contributed by atoms with E-state index in [2.05, 4.69) is 15.5 Å². The summed E-state index contributed by atoms with van der Waals surface area (Å²) in [5.41, 5.74) is 1.52. The van der Waals surface area contributed by atoms with Crippen LogP contribution in [0.25, 0.3) is 0 Å². The number of halogens is 1. The number of ether oxygens (including phenoxy) is 1. The molecule has 10 heteroatoms. The Bertz CT molecular complexity index is 1270. The molecular formula is C24H25ClN4O4S. The molecule has 0 unspecified atom stereocenters. The summed E-state index contributed by atoms with van der Waals surface area (Å²) >= 11 is 6.05. The van der Waals surface area contributed by atoms with E-state index in [1.807, 2.05) is 11.8 Å². The van der Waals surface area contributed by atoms with E-state index in [4.69, 9.17) is 16.3 Å². The van der Waals surface area contributed by atoms with Gasteiger partial charge in [-0.05, 0) is 62.2 Å². The van der Waals surface area contributed by atoms with Crippen LogP contribution in [0.4, 0.5) is 11.5 Å². The second kappa shape index (κ2) is 9.99. The van der Waals surface area contributed by atoms with E-state index in [0.29, 0.717) is 48.2 Å². The maximum absolute atomic E-state index is 12.8. The van der Waals surface area contributed by atoms with E-state index in [1.54, 1.807) is 48.5 Å². The van der Waals surface area contributed by atoms with Gasteiger partial charge in [0.05, 0.1) is 17.7 Å². The van der Waals surface area contributed by atoms with Crippen LogP contribution >= 0.6 is 11.6 Å². The molecule has 0 radical (unpaired) electrons. The molecule has 2 aromatic carbocycles. The molecule has 178 valence electrons. The number of sulfone groups is 1. The molecule has 4 rings (SSSR count). The number of nitrogens with zero attached hydrogens (tertiary/aromatic N) is 3. The maximum Gasteiger partial charge on any atom is 0.227 e. The number of carbonyl (C=O) groups excluding carboxylic acids is 1. The van der Waals surface area contributed by atoms with Gasteiger partial charge >= 0.3 is 0 Å². The van der Waals surface area contributed by atoms with Crippen LogP contribution < -0.4 is 15.0 Å². The van der Waals surface area contributed by atoms with Crippen molar-refractivity contribution >= 4 is 38.9 Å². The molecule has 0 aliphatic carbocycles. The number of aryl methyl sites for hydroxylation is 1. The molecule has 2 heterocycles. The zero-order valence-electron chi connectivity index (χ0n) is 18.9. The van der Waals surface area contributed by atoms with E-state index >= 15 is 0 Å². The van der Waals surface area contributed by atoms with Gasteiger partial charge in [-0.2, -0.15) is 0 Å². The number of carbonyl (C=O) groups is 1. The lowest BCUT2D eigenvalue weighted by atomic mass is 9.95. The van der Waals surface area contributed by atoms with Gasteiger partial charge in [-0.15, -0.1) is 10.2 Å². The van der Waals surface area contributed by atoms with Crippen LogP contribution in [0.15, 0.2) is 64.5 Å². The van der Waals surface area contributed by atoms with Crippen molar-refractivity contribution in [2.45, 2.75) is 29.7 Å². The number of methoxy groups -OCH3 is 1. The summed E-state index contributed by atoms with van der Waals surface area (Å²) in [6.45, 7) is 3.10. The molecule has 0 atom stereocenters. The van der Waals surface area contributed by atoms with E-state index in [-0.39, 0.29) is 21.7 Å². The molecule has 0 saturated carbocycles. The third-order valence-electron chi connectivity index (χ3n) is 5.84. The van der Waals surface area contributed by atoms with Crippen LogP contribution in [-0.4, -0.2) is 44.7 Å². The van der Waals surface area contributed by atoms with Gasteiger partial charge in [0.2, 0.25) is 15.7 Å². The van der Waals surface area contributed by atoms with Gasteiger partial charge in [0.1, 0.15) is 5.75 Å². The summed E-state index contributed by atoms with van der Waals surface area (Å²) in [7, 11) is -2.19. The monoisotopic (exact) mass is 500 g/mol. The summed E-state index contributed by atoms with van der Waals surface area (Å²) in [5, 5.41) is 11.4. The van der Waals surface area contributed by atoms with Crippen molar-refractivity contribution in [2.24, 2.45) is 5.92 Å². The molecule has 1 amide bonds. The Morgan fingerprint density at radius 2 is 1.76 bits per heavy atom. The third-order valence-corrected chi connectivity index (χ3v) is 7.74. The van der Waals surface area contributed by atoms with Gasteiger partial charge in [-0.25, -0.2) is 8.42 Å². The molecule has 8 nitrogen and oxygen atoms in total. The highest BCUT2D eigenvalue weighted by Crippen LogP contribution is 2.30. The van der Waals surface area contributed by atoms with Crippen LogP contribution in [0.3, 0.4) is 0 Å². The summed E-state index contributed by atoms with van der Waals surface area (Å²) < 4.78 is 30.9. The maximum atomic E-state index is 12.8. The van der Waals surface area contributed by atoms with Crippen LogP contribution in [0.5, 0.6) is 5.75 Å². The summed E-state index contributed by atoms with van der Waals surface area (Å²) in [5.74, 6) is 0.865. The zero-order valence-corrected chi connectivity index (χ0v) is 20.4. The molecule has 1 fully saturated rings. The van der Waals surface area contributed by atoms with E-state index in [0.717, 1.165) is 5.56 Å². The van der Waals surface area contributed by atoms with Crippen LogP contribution in [0, 0.1) is 12.8 Å². The molecular weight excluding hydrogens is 476 g/mol. The number of anilines is 2. The fourth-order valence-electron chi connectivity index (χ4n) is 3.85. The number of aromatic nitrogens is 2. The standard InChI is InChI=1S/C24H25ClN4O4S/c1-16-3-6-19(7-4-16)34(31,32)23-10-9-22(27-28-23)29-13-11-17(12-14-29)24(30)26-20-15-18(25)5-8-21(20)33-2/h3-10,15,17H,11-14H2,1-2H3,(H,26,30). The highest BCUT2D eigenvalue weighted by atomic mass is 35.5. The third kappa shape index (κ3) is 5.15. The quantitative estimate of drug-likeness (QED) is 0.542. The molecule has 1 aliphatic heterocycles. The Hall–Kier alpha value is -3.17. The van der Waals surface area contributed by atoms with Crippen LogP contribution in [0.1, 0.15) is 18.4 Å². The first-order valence-electron chi connectivity index (χ1n) is 10.8. The van der Waals surface area contributed by atoms with Crippen molar-refractivity contribution in [3.63, 3.8) is 0 Å². The molecule has 34 heavy (non-hydrogen) atoms.